The number of likely N-dealkylation sites (tertiary alicyclic amines) is 1. The molecule has 2 N–H and O–H groups in total. The Morgan fingerprint density at radius 1 is 1.14 bits per heavy atom. The maximum absolute atomic E-state index is 12.9. The van der Waals surface area contributed by atoms with Gasteiger partial charge in [0.2, 0.25) is 5.91 Å². The number of amides is 2. The second-order valence-corrected chi connectivity index (χ2v) is 7.91. The fourth-order valence-electron chi connectivity index (χ4n) is 4.25. The minimum atomic E-state index is -0.380. The highest BCUT2D eigenvalue weighted by Gasteiger charge is 2.31. The molecular formula is C19H26N6O3. The van der Waals surface area contributed by atoms with Crippen LogP contribution in [0.2, 0.25) is 0 Å². The molecule has 0 atom stereocenters. The minimum Gasteiger partial charge on any atom is -0.353 e. The summed E-state index contributed by atoms with van der Waals surface area (Å²) >= 11 is 0. The number of carbonyl (C=O) groups is 2. The predicted molar refractivity (Wildman–Crippen MR) is 102 cm³/mol. The van der Waals surface area contributed by atoms with Crippen molar-refractivity contribution in [2.45, 2.75) is 57.9 Å². The highest BCUT2D eigenvalue weighted by atomic mass is 16.2. The Hall–Kier alpha value is -2.71. The normalized spacial score (nSPS) is 19.1. The molecule has 2 fully saturated rings. The summed E-state index contributed by atoms with van der Waals surface area (Å²) in [5, 5.41) is 11.0. The van der Waals surface area contributed by atoms with Crippen molar-refractivity contribution in [1.29, 1.82) is 0 Å². The van der Waals surface area contributed by atoms with E-state index in [0.29, 0.717) is 37.7 Å². The molecule has 2 aromatic rings. The van der Waals surface area contributed by atoms with Gasteiger partial charge in [0.15, 0.2) is 11.2 Å². The number of aromatic nitrogens is 4. The lowest BCUT2D eigenvalue weighted by Gasteiger charge is -2.32. The van der Waals surface area contributed by atoms with E-state index in [2.05, 4.69) is 20.6 Å². The second kappa shape index (κ2) is 7.73. The molecular weight excluding hydrogens is 360 g/mol. The van der Waals surface area contributed by atoms with E-state index in [1.54, 1.807) is 18.0 Å². The third-order valence-corrected chi connectivity index (χ3v) is 5.84. The number of aromatic amines is 1. The zero-order valence-corrected chi connectivity index (χ0v) is 16.1. The van der Waals surface area contributed by atoms with Crippen molar-refractivity contribution >= 4 is 17.3 Å². The molecule has 0 radical (unpaired) electrons. The Bertz CT molecular complexity index is 935. The zero-order valence-electron chi connectivity index (χ0n) is 16.1. The number of piperidine rings is 1. The Kier molecular flexibility index (Phi) is 5.15. The number of rotatable bonds is 3. The van der Waals surface area contributed by atoms with Crippen LogP contribution in [0, 0.1) is 12.8 Å². The lowest BCUT2D eigenvalue weighted by molar-refractivity contribution is -0.127. The van der Waals surface area contributed by atoms with Gasteiger partial charge in [0, 0.05) is 30.7 Å². The summed E-state index contributed by atoms with van der Waals surface area (Å²) in [4.78, 5) is 42.0. The van der Waals surface area contributed by atoms with Crippen molar-refractivity contribution in [3.63, 3.8) is 0 Å². The van der Waals surface area contributed by atoms with Crippen molar-refractivity contribution in [2.75, 3.05) is 13.1 Å². The molecule has 1 saturated heterocycles. The summed E-state index contributed by atoms with van der Waals surface area (Å²) in [6.45, 7) is 2.70. The van der Waals surface area contributed by atoms with Crippen LogP contribution >= 0.6 is 0 Å². The van der Waals surface area contributed by atoms with Crippen LogP contribution < -0.4 is 10.9 Å². The van der Waals surface area contributed by atoms with E-state index in [1.807, 2.05) is 0 Å². The molecule has 9 heteroatoms. The minimum absolute atomic E-state index is 0.0612. The van der Waals surface area contributed by atoms with Crippen molar-refractivity contribution in [3.05, 3.63) is 27.9 Å². The predicted octanol–water partition coefficient (Wildman–Crippen LogP) is 1.03. The molecule has 0 bridgehead atoms. The van der Waals surface area contributed by atoms with Crippen LogP contribution in [0.1, 0.15) is 61.1 Å². The van der Waals surface area contributed by atoms with Crippen LogP contribution in [0.25, 0.3) is 5.52 Å². The van der Waals surface area contributed by atoms with Crippen LogP contribution in [0.4, 0.5) is 0 Å². The number of nitrogens with one attached hydrogen (secondary N) is 2. The Morgan fingerprint density at radius 3 is 2.57 bits per heavy atom. The number of nitrogens with zero attached hydrogens (tertiary/aromatic N) is 4. The third-order valence-electron chi connectivity index (χ3n) is 5.84. The lowest BCUT2D eigenvalue weighted by atomic mass is 9.92. The molecule has 150 valence electrons. The summed E-state index contributed by atoms with van der Waals surface area (Å²) in [5.41, 5.74) is 0.486. The maximum Gasteiger partial charge on any atom is 0.276 e. The zero-order chi connectivity index (χ0) is 19.7. The van der Waals surface area contributed by atoms with Gasteiger partial charge in [0.25, 0.3) is 11.5 Å². The quantitative estimate of drug-likeness (QED) is 0.818. The van der Waals surface area contributed by atoms with Crippen molar-refractivity contribution < 1.29 is 9.59 Å². The highest BCUT2D eigenvalue weighted by Crippen LogP contribution is 2.22. The summed E-state index contributed by atoms with van der Waals surface area (Å²) in [5.74, 6) is -0.260. The van der Waals surface area contributed by atoms with E-state index < -0.39 is 0 Å². The summed E-state index contributed by atoms with van der Waals surface area (Å²) in [6.07, 6.45) is 8.63. The van der Waals surface area contributed by atoms with Crippen molar-refractivity contribution in [2.24, 2.45) is 5.92 Å². The fourth-order valence-corrected chi connectivity index (χ4v) is 4.25. The van der Waals surface area contributed by atoms with Crippen LogP contribution in [0.3, 0.4) is 0 Å². The van der Waals surface area contributed by atoms with E-state index >= 15 is 0 Å². The largest absolute Gasteiger partial charge is 0.353 e. The van der Waals surface area contributed by atoms with Crippen LogP contribution in [0.15, 0.2) is 11.0 Å². The SMILES string of the molecule is Cc1cn2nnc(C(=O)N3CCC(C(=O)NC4CCCCC4)CC3)c2c(=O)[nH]1. The average molecular weight is 386 g/mol. The van der Waals surface area contributed by atoms with E-state index in [0.717, 1.165) is 12.8 Å². The van der Waals surface area contributed by atoms with Gasteiger partial charge in [-0.2, -0.15) is 0 Å². The number of hydrogen-bond donors (Lipinski definition) is 2. The molecule has 28 heavy (non-hydrogen) atoms. The van der Waals surface area contributed by atoms with Gasteiger partial charge < -0.3 is 15.2 Å². The summed E-state index contributed by atoms with van der Waals surface area (Å²) in [6, 6.07) is 0.305. The fraction of sp³-hybridized carbons (Fsp3) is 0.632. The molecule has 1 aliphatic heterocycles. The van der Waals surface area contributed by atoms with Crippen molar-refractivity contribution in [1.82, 2.24) is 30.0 Å². The van der Waals surface area contributed by atoms with E-state index in [4.69, 9.17) is 0 Å². The molecule has 4 rings (SSSR count). The Labute approximate surface area is 162 Å². The van der Waals surface area contributed by atoms with Crippen LogP contribution in [-0.4, -0.2) is 55.7 Å². The smallest absolute Gasteiger partial charge is 0.276 e. The summed E-state index contributed by atoms with van der Waals surface area (Å²) < 4.78 is 1.34. The third kappa shape index (κ3) is 3.65. The number of H-pyrrole nitrogens is 1. The van der Waals surface area contributed by atoms with Gasteiger partial charge in [-0.25, -0.2) is 4.52 Å². The highest BCUT2D eigenvalue weighted by molar-refractivity contribution is 5.98. The number of carbonyl (C=O) groups excluding carboxylic acids is 2. The van der Waals surface area contributed by atoms with Gasteiger partial charge >= 0.3 is 0 Å². The molecule has 1 saturated carbocycles. The molecule has 2 amide bonds. The Morgan fingerprint density at radius 2 is 1.86 bits per heavy atom. The first-order valence-electron chi connectivity index (χ1n) is 10.1. The summed E-state index contributed by atoms with van der Waals surface area (Å²) in [7, 11) is 0. The molecule has 3 heterocycles. The van der Waals surface area contributed by atoms with Gasteiger partial charge in [-0.05, 0) is 32.6 Å². The van der Waals surface area contributed by atoms with Crippen molar-refractivity contribution in [3.8, 4) is 0 Å². The standard InChI is InChI=1S/C19H26N6O3/c1-12-11-25-16(18(27)20-12)15(22-23-25)19(28)24-9-7-13(8-10-24)17(26)21-14-5-3-2-4-6-14/h11,13-14H,2-10H2,1H3,(H,20,27)(H,21,26). The lowest BCUT2D eigenvalue weighted by Crippen LogP contribution is -2.46. The first-order chi connectivity index (χ1) is 13.5. The Balaban J connectivity index is 1.39. The number of fused-ring (bicyclic) bond motifs is 1. The van der Waals surface area contributed by atoms with Crippen LogP contribution in [0.5, 0.6) is 0 Å². The van der Waals surface area contributed by atoms with E-state index in [-0.39, 0.29) is 34.5 Å². The average Bonchev–Trinajstić information content (AvgIpc) is 3.12. The van der Waals surface area contributed by atoms with Gasteiger partial charge in [0.05, 0.1) is 6.20 Å². The molecule has 2 aliphatic rings. The topological polar surface area (TPSA) is 112 Å². The van der Waals surface area contributed by atoms with Gasteiger partial charge in [-0.15, -0.1) is 5.10 Å². The second-order valence-electron chi connectivity index (χ2n) is 7.91. The first kappa shape index (κ1) is 18.6. The van der Waals surface area contributed by atoms with Gasteiger partial charge in [-0.3, -0.25) is 14.4 Å². The monoisotopic (exact) mass is 386 g/mol. The molecule has 1 aliphatic carbocycles. The molecule has 0 spiro atoms. The maximum atomic E-state index is 12.9. The molecule has 9 nitrogen and oxygen atoms in total. The van der Waals surface area contributed by atoms with Crippen LogP contribution in [-0.2, 0) is 4.79 Å². The van der Waals surface area contributed by atoms with E-state index in [1.165, 1.54) is 23.8 Å². The molecule has 0 aromatic carbocycles. The number of aryl methyl sites for hydroxylation is 1. The van der Waals surface area contributed by atoms with Gasteiger partial charge in [-0.1, -0.05) is 24.5 Å². The molecule has 2 aromatic heterocycles. The molecule has 0 unspecified atom stereocenters. The first-order valence-corrected chi connectivity index (χ1v) is 10.1. The van der Waals surface area contributed by atoms with Gasteiger partial charge in [0.1, 0.15) is 0 Å². The van der Waals surface area contributed by atoms with E-state index in [9.17, 15) is 14.4 Å². The number of hydrogen-bond acceptors (Lipinski definition) is 5.